The Labute approximate surface area is 97.4 Å². The van der Waals surface area contributed by atoms with Crippen LogP contribution in [0.1, 0.15) is 47.5 Å². The van der Waals surface area contributed by atoms with Crippen molar-refractivity contribution >= 4 is 11.9 Å². The normalized spacial score (nSPS) is 15.3. The van der Waals surface area contributed by atoms with Gasteiger partial charge in [0.05, 0.1) is 0 Å². The topological polar surface area (TPSA) is 66.4 Å². The molecule has 94 valence electrons. The number of hydrogen-bond donors (Lipinski definition) is 2. The third-order valence-corrected chi connectivity index (χ3v) is 2.49. The van der Waals surface area contributed by atoms with Crippen LogP contribution in [-0.4, -0.2) is 23.0 Å². The minimum Gasteiger partial charge on any atom is -0.480 e. The van der Waals surface area contributed by atoms with E-state index in [1.54, 1.807) is 0 Å². The van der Waals surface area contributed by atoms with Gasteiger partial charge in [0.25, 0.3) is 0 Å². The van der Waals surface area contributed by atoms with E-state index in [1.807, 2.05) is 34.6 Å². The highest BCUT2D eigenvalue weighted by molar-refractivity contribution is 5.84. The lowest BCUT2D eigenvalue weighted by atomic mass is 9.91. The fourth-order valence-corrected chi connectivity index (χ4v) is 1.39. The first-order chi connectivity index (χ1) is 7.17. The molecule has 0 rings (SSSR count). The first-order valence-electron chi connectivity index (χ1n) is 5.69. The summed E-state index contributed by atoms with van der Waals surface area (Å²) in [5, 5.41) is 11.6. The number of aliphatic carboxylic acids is 1. The van der Waals surface area contributed by atoms with Crippen molar-refractivity contribution in [3.8, 4) is 0 Å². The number of hydrogen-bond acceptors (Lipinski definition) is 2. The molecule has 0 aromatic heterocycles. The molecule has 0 fully saturated rings. The standard InChI is InChI=1S/C12H23NO3/c1-6-8(2)10(11(15)16)13-9(14)7-12(3,4)5/h8,10H,6-7H2,1-5H3,(H,13,14)(H,15,16). The van der Waals surface area contributed by atoms with Gasteiger partial charge in [0.15, 0.2) is 0 Å². The second-order valence-corrected chi connectivity index (χ2v) is 5.51. The van der Waals surface area contributed by atoms with Crippen LogP contribution >= 0.6 is 0 Å². The predicted octanol–water partition coefficient (Wildman–Crippen LogP) is 2.04. The van der Waals surface area contributed by atoms with Gasteiger partial charge in [-0.1, -0.05) is 41.0 Å². The summed E-state index contributed by atoms with van der Waals surface area (Å²) in [6.45, 7) is 9.59. The van der Waals surface area contributed by atoms with E-state index in [9.17, 15) is 9.59 Å². The van der Waals surface area contributed by atoms with Crippen LogP contribution in [0.2, 0.25) is 0 Å². The average Bonchev–Trinajstić information content (AvgIpc) is 2.09. The third-order valence-electron chi connectivity index (χ3n) is 2.49. The highest BCUT2D eigenvalue weighted by atomic mass is 16.4. The van der Waals surface area contributed by atoms with Gasteiger partial charge in [-0.05, 0) is 11.3 Å². The summed E-state index contributed by atoms with van der Waals surface area (Å²) < 4.78 is 0. The molecule has 0 aliphatic carbocycles. The third kappa shape index (κ3) is 5.73. The van der Waals surface area contributed by atoms with Gasteiger partial charge in [0, 0.05) is 6.42 Å². The number of rotatable bonds is 5. The summed E-state index contributed by atoms with van der Waals surface area (Å²) in [4.78, 5) is 22.6. The van der Waals surface area contributed by atoms with Crippen LogP contribution in [0.4, 0.5) is 0 Å². The fourth-order valence-electron chi connectivity index (χ4n) is 1.39. The van der Waals surface area contributed by atoms with Crippen LogP contribution in [0.15, 0.2) is 0 Å². The van der Waals surface area contributed by atoms with E-state index >= 15 is 0 Å². The van der Waals surface area contributed by atoms with Gasteiger partial charge >= 0.3 is 5.97 Å². The molecule has 2 N–H and O–H groups in total. The molecule has 16 heavy (non-hydrogen) atoms. The number of nitrogens with one attached hydrogen (secondary N) is 1. The number of amides is 1. The Kier molecular flexibility index (Phi) is 5.48. The van der Waals surface area contributed by atoms with Crippen LogP contribution in [0.25, 0.3) is 0 Å². The molecule has 0 spiro atoms. The molecule has 0 saturated heterocycles. The SMILES string of the molecule is CCC(C)C(NC(=O)CC(C)(C)C)C(=O)O. The minimum absolute atomic E-state index is 0.0542. The highest BCUT2D eigenvalue weighted by Gasteiger charge is 2.26. The molecule has 1 amide bonds. The van der Waals surface area contributed by atoms with E-state index in [2.05, 4.69) is 5.32 Å². The molecule has 4 heteroatoms. The molecule has 2 atom stereocenters. The summed E-state index contributed by atoms with van der Waals surface area (Å²) >= 11 is 0. The van der Waals surface area contributed by atoms with Crippen LogP contribution in [0, 0.1) is 11.3 Å². The van der Waals surface area contributed by atoms with E-state index in [4.69, 9.17) is 5.11 Å². The lowest BCUT2D eigenvalue weighted by molar-refractivity contribution is -0.143. The van der Waals surface area contributed by atoms with E-state index in [1.165, 1.54) is 0 Å². The Morgan fingerprint density at radius 3 is 2.12 bits per heavy atom. The molecule has 0 aromatic carbocycles. The summed E-state index contributed by atoms with van der Waals surface area (Å²) in [6, 6.07) is -0.778. The van der Waals surface area contributed by atoms with Gasteiger partial charge in [-0.3, -0.25) is 4.79 Å². The number of carbonyl (C=O) groups is 2. The van der Waals surface area contributed by atoms with Crippen molar-refractivity contribution in [3.05, 3.63) is 0 Å². The van der Waals surface area contributed by atoms with Crippen molar-refractivity contribution in [1.29, 1.82) is 0 Å². The zero-order valence-corrected chi connectivity index (χ0v) is 10.8. The Hall–Kier alpha value is -1.06. The number of carbonyl (C=O) groups excluding carboxylic acids is 1. The van der Waals surface area contributed by atoms with Crippen molar-refractivity contribution in [1.82, 2.24) is 5.32 Å². The Morgan fingerprint density at radius 2 is 1.81 bits per heavy atom. The van der Waals surface area contributed by atoms with E-state index < -0.39 is 12.0 Å². The molecule has 0 bridgehead atoms. The first-order valence-corrected chi connectivity index (χ1v) is 5.69. The Morgan fingerprint density at radius 1 is 1.31 bits per heavy atom. The zero-order valence-electron chi connectivity index (χ0n) is 10.8. The minimum atomic E-state index is -0.961. The average molecular weight is 229 g/mol. The molecule has 4 nitrogen and oxygen atoms in total. The van der Waals surface area contributed by atoms with Gasteiger partial charge in [0.1, 0.15) is 6.04 Å². The Bertz CT molecular complexity index is 255. The molecule has 0 aliphatic heterocycles. The number of carboxylic acid groups (broad SMARTS) is 1. The van der Waals surface area contributed by atoms with Gasteiger partial charge in [-0.2, -0.15) is 0 Å². The van der Waals surface area contributed by atoms with Crippen molar-refractivity contribution in [2.24, 2.45) is 11.3 Å². The monoisotopic (exact) mass is 229 g/mol. The molecular weight excluding hydrogens is 206 g/mol. The fraction of sp³-hybridized carbons (Fsp3) is 0.833. The highest BCUT2D eigenvalue weighted by Crippen LogP contribution is 2.18. The van der Waals surface area contributed by atoms with E-state index in [0.717, 1.165) is 6.42 Å². The zero-order chi connectivity index (χ0) is 12.9. The summed E-state index contributed by atoms with van der Waals surface area (Å²) in [5.74, 6) is -1.21. The first kappa shape index (κ1) is 14.9. The molecule has 0 aromatic rings. The van der Waals surface area contributed by atoms with Crippen molar-refractivity contribution in [3.63, 3.8) is 0 Å². The lowest BCUT2D eigenvalue weighted by Crippen LogP contribution is -2.45. The molecule has 0 saturated carbocycles. The van der Waals surface area contributed by atoms with Crippen LogP contribution in [0.3, 0.4) is 0 Å². The van der Waals surface area contributed by atoms with E-state index in [0.29, 0.717) is 6.42 Å². The lowest BCUT2D eigenvalue weighted by Gasteiger charge is -2.23. The Balaban J connectivity index is 4.42. The predicted molar refractivity (Wildman–Crippen MR) is 63.1 cm³/mol. The van der Waals surface area contributed by atoms with Gasteiger partial charge < -0.3 is 10.4 Å². The van der Waals surface area contributed by atoms with Gasteiger partial charge in [0.2, 0.25) is 5.91 Å². The maximum absolute atomic E-state index is 11.6. The van der Waals surface area contributed by atoms with Crippen LogP contribution in [0.5, 0.6) is 0 Å². The van der Waals surface area contributed by atoms with Crippen molar-refractivity contribution in [2.75, 3.05) is 0 Å². The summed E-state index contributed by atoms with van der Waals surface area (Å²) in [7, 11) is 0. The second kappa shape index (κ2) is 5.87. The summed E-state index contributed by atoms with van der Waals surface area (Å²) in [6.07, 6.45) is 1.07. The molecule has 0 aliphatic rings. The van der Waals surface area contributed by atoms with E-state index in [-0.39, 0.29) is 17.2 Å². The quantitative estimate of drug-likeness (QED) is 0.758. The molecule has 0 radical (unpaired) electrons. The molecule has 2 unspecified atom stereocenters. The van der Waals surface area contributed by atoms with Crippen LogP contribution in [-0.2, 0) is 9.59 Å². The number of carboxylic acids is 1. The van der Waals surface area contributed by atoms with Gasteiger partial charge in [-0.25, -0.2) is 4.79 Å². The largest absolute Gasteiger partial charge is 0.480 e. The smallest absolute Gasteiger partial charge is 0.326 e. The van der Waals surface area contributed by atoms with Crippen molar-refractivity contribution < 1.29 is 14.7 Å². The second-order valence-electron chi connectivity index (χ2n) is 5.51. The maximum Gasteiger partial charge on any atom is 0.326 e. The molecule has 0 heterocycles. The maximum atomic E-state index is 11.6. The van der Waals surface area contributed by atoms with Gasteiger partial charge in [-0.15, -0.1) is 0 Å². The molecular formula is C12H23NO3. The summed E-state index contributed by atoms with van der Waals surface area (Å²) in [5.41, 5.74) is -0.122. The van der Waals surface area contributed by atoms with Crippen molar-refractivity contribution in [2.45, 2.75) is 53.5 Å². The van der Waals surface area contributed by atoms with Crippen LogP contribution < -0.4 is 5.32 Å².